The van der Waals surface area contributed by atoms with Gasteiger partial charge in [-0.05, 0) is 23.8 Å². The minimum absolute atomic E-state index is 0.0586. The highest BCUT2D eigenvalue weighted by molar-refractivity contribution is 6.04. The molecule has 0 fully saturated rings. The molecule has 9 heteroatoms. The number of non-ortho nitro benzene ring substituents is 1. The van der Waals surface area contributed by atoms with E-state index in [-0.39, 0.29) is 11.2 Å². The van der Waals surface area contributed by atoms with Gasteiger partial charge in [0.15, 0.2) is 0 Å². The number of aromatic nitrogens is 3. The van der Waals surface area contributed by atoms with E-state index in [4.69, 9.17) is 0 Å². The van der Waals surface area contributed by atoms with Gasteiger partial charge in [0.2, 0.25) is 0 Å². The molecule has 4 aromatic rings. The van der Waals surface area contributed by atoms with Crippen LogP contribution in [0.3, 0.4) is 0 Å². The topological polar surface area (TPSA) is 126 Å². The SMILES string of the molecule is O=c1[nH]c2c([nH]c3ccccc32)c(=O)n1/N=C/c1ccc([N+](=O)[O-])cc1. The number of rotatable bonds is 3. The molecule has 2 heterocycles. The van der Waals surface area contributed by atoms with Crippen LogP contribution in [0.5, 0.6) is 0 Å². The highest BCUT2D eigenvalue weighted by Gasteiger charge is 2.12. The lowest BCUT2D eigenvalue weighted by molar-refractivity contribution is -0.384. The molecule has 2 aromatic heterocycles. The average molecular weight is 349 g/mol. The molecule has 0 unspecified atom stereocenters. The summed E-state index contributed by atoms with van der Waals surface area (Å²) in [4.78, 5) is 40.6. The van der Waals surface area contributed by atoms with E-state index in [1.807, 2.05) is 12.1 Å². The largest absolute Gasteiger partial charge is 0.350 e. The van der Waals surface area contributed by atoms with E-state index in [1.54, 1.807) is 12.1 Å². The number of nitrogens with one attached hydrogen (secondary N) is 2. The minimum atomic E-state index is -0.676. The van der Waals surface area contributed by atoms with Gasteiger partial charge in [-0.2, -0.15) is 5.10 Å². The van der Waals surface area contributed by atoms with Gasteiger partial charge in [0.25, 0.3) is 5.69 Å². The number of H-pyrrole nitrogens is 2. The standard InChI is InChI=1S/C17H11N5O4/c23-16-15-14(12-3-1-2-4-13(12)19-15)20-17(24)21(16)18-9-10-5-7-11(8-6-10)22(25)26/h1-9,19H,(H,20,24)/b18-9+. The van der Waals surface area contributed by atoms with Crippen molar-refractivity contribution >= 4 is 33.8 Å². The van der Waals surface area contributed by atoms with Crippen molar-refractivity contribution in [2.45, 2.75) is 0 Å². The van der Waals surface area contributed by atoms with E-state index in [1.165, 1.54) is 30.5 Å². The van der Waals surface area contributed by atoms with Gasteiger partial charge in [0.1, 0.15) is 5.52 Å². The van der Waals surface area contributed by atoms with Gasteiger partial charge in [0.05, 0.1) is 16.7 Å². The second-order valence-electron chi connectivity index (χ2n) is 5.56. The predicted octanol–water partition coefficient (Wildman–Crippen LogP) is 1.96. The van der Waals surface area contributed by atoms with Gasteiger partial charge in [-0.3, -0.25) is 14.9 Å². The third kappa shape index (κ3) is 2.47. The summed E-state index contributed by atoms with van der Waals surface area (Å²) in [6.07, 6.45) is 1.29. The summed E-state index contributed by atoms with van der Waals surface area (Å²) in [6, 6.07) is 12.8. The molecule has 26 heavy (non-hydrogen) atoms. The Morgan fingerprint density at radius 1 is 1.00 bits per heavy atom. The first-order chi connectivity index (χ1) is 12.5. The van der Waals surface area contributed by atoms with Crippen LogP contribution in [-0.2, 0) is 0 Å². The molecule has 0 saturated heterocycles. The molecule has 0 amide bonds. The van der Waals surface area contributed by atoms with Crippen LogP contribution in [-0.4, -0.2) is 25.8 Å². The molecule has 128 valence electrons. The fourth-order valence-corrected chi connectivity index (χ4v) is 2.70. The molecule has 2 aromatic carbocycles. The number of nitro benzene ring substituents is 1. The number of fused-ring (bicyclic) bond motifs is 3. The van der Waals surface area contributed by atoms with Crippen LogP contribution < -0.4 is 11.2 Å². The fourth-order valence-electron chi connectivity index (χ4n) is 2.70. The molecular weight excluding hydrogens is 338 g/mol. The van der Waals surface area contributed by atoms with Crippen LogP contribution in [0.2, 0.25) is 0 Å². The lowest BCUT2D eigenvalue weighted by Crippen LogP contribution is -2.32. The van der Waals surface area contributed by atoms with E-state index < -0.39 is 16.2 Å². The number of aromatic amines is 2. The Labute approximate surface area is 144 Å². The Hall–Kier alpha value is -4.01. The Bertz CT molecular complexity index is 1290. The van der Waals surface area contributed by atoms with Crippen LogP contribution in [0.1, 0.15) is 5.56 Å². The Balaban J connectivity index is 1.81. The molecule has 0 aliphatic heterocycles. The van der Waals surface area contributed by atoms with Gasteiger partial charge >= 0.3 is 11.2 Å². The molecule has 2 N–H and O–H groups in total. The number of nitrogens with zero attached hydrogens (tertiary/aromatic N) is 3. The van der Waals surface area contributed by atoms with Crippen molar-refractivity contribution < 1.29 is 4.92 Å². The molecule has 0 radical (unpaired) electrons. The average Bonchev–Trinajstić information content (AvgIpc) is 3.01. The normalized spacial score (nSPS) is 11.5. The zero-order chi connectivity index (χ0) is 18.3. The summed E-state index contributed by atoms with van der Waals surface area (Å²) in [7, 11) is 0. The first-order valence-corrected chi connectivity index (χ1v) is 7.59. The maximum atomic E-state index is 12.6. The lowest BCUT2D eigenvalue weighted by atomic mass is 10.2. The van der Waals surface area contributed by atoms with E-state index in [0.29, 0.717) is 15.8 Å². The Kier molecular flexibility index (Phi) is 3.47. The Morgan fingerprint density at radius 2 is 1.73 bits per heavy atom. The number of para-hydroxylation sites is 1. The van der Waals surface area contributed by atoms with Crippen molar-refractivity contribution in [1.29, 1.82) is 0 Å². The zero-order valence-electron chi connectivity index (χ0n) is 13.2. The van der Waals surface area contributed by atoms with Crippen molar-refractivity contribution in [2.75, 3.05) is 0 Å². The predicted molar refractivity (Wildman–Crippen MR) is 96.8 cm³/mol. The highest BCUT2D eigenvalue weighted by atomic mass is 16.6. The van der Waals surface area contributed by atoms with E-state index >= 15 is 0 Å². The van der Waals surface area contributed by atoms with Gasteiger partial charge in [-0.1, -0.05) is 18.2 Å². The molecule has 0 aliphatic carbocycles. The van der Waals surface area contributed by atoms with Crippen LogP contribution in [0.15, 0.2) is 63.2 Å². The van der Waals surface area contributed by atoms with Crippen LogP contribution in [0.25, 0.3) is 21.9 Å². The third-order valence-corrected chi connectivity index (χ3v) is 3.96. The number of nitro groups is 1. The first kappa shape index (κ1) is 15.5. The summed E-state index contributed by atoms with van der Waals surface area (Å²) in [6.45, 7) is 0. The molecule has 0 aliphatic rings. The van der Waals surface area contributed by atoms with Gasteiger partial charge < -0.3 is 9.97 Å². The van der Waals surface area contributed by atoms with Crippen molar-refractivity contribution in [3.05, 3.63) is 85.0 Å². The lowest BCUT2D eigenvalue weighted by Gasteiger charge is -1.98. The van der Waals surface area contributed by atoms with E-state index in [9.17, 15) is 19.7 Å². The van der Waals surface area contributed by atoms with Crippen molar-refractivity contribution in [1.82, 2.24) is 14.6 Å². The maximum absolute atomic E-state index is 12.6. The van der Waals surface area contributed by atoms with Crippen LogP contribution in [0.4, 0.5) is 5.69 Å². The molecule has 9 nitrogen and oxygen atoms in total. The second kappa shape index (κ2) is 5.81. The molecule has 0 bridgehead atoms. The van der Waals surface area contributed by atoms with Gasteiger partial charge in [-0.25, -0.2) is 4.79 Å². The molecule has 0 saturated carbocycles. The van der Waals surface area contributed by atoms with Crippen molar-refractivity contribution in [3.8, 4) is 0 Å². The summed E-state index contributed by atoms with van der Waals surface area (Å²) in [5.74, 6) is 0. The summed E-state index contributed by atoms with van der Waals surface area (Å²) >= 11 is 0. The first-order valence-electron chi connectivity index (χ1n) is 7.59. The third-order valence-electron chi connectivity index (χ3n) is 3.96. The molecule has 4 rings (SSSR count). The molecule has 0 atom stereocenters. The number of hydrogen-bond donors (Lipinski definition) is 2. The highest BCUT2D eigenvalue weighted by Crippen LogP contribution is 2.19. The smallest absolute Gasteiger partial charge is 0.349 e. The molecular formula is C17H11N5O4. The van der Waals surface area contributed by atoms with E-state index in [0.717, 1.165) is 10.9 Å². The fraction of sp³-hybridized carbons (Fsp3) is 0. The summed E-state index contributed by atoms with van der Waals surface area (Å²) in [5, 5.41) is 15.3. The molecule has 0 spiro atoms. The van der Waals surface area contributed by atoms with E-state index in [2.05, 4.69) is 15.1 Å². The van der Waals surface area contributed by atoms with Crippen LogP contribution in [0, 0.1) is 10.1 Å². The van der Waals surface area contributed by atoms with Crippen molar-refractivity contribution in [3.63, 3.8) is 0 Å². The number of benzene rings is 2. The zero-order valence-corrected chi connectivity index (χ0v) is 13.2. The van der Waals surface area contributed by atoms with Crippen LogP contribution >= 0.6 is 0 Å². The monoisotopic (exact) mass is 349 g/mol. The maximum Gasteiger partial charge on any atom is 0.350 e. The second-order valence-corrected chi connectivity index (χ2v) is 5.56. The number of hydrogen-bond acceptors (Lipinski definition) is 5. The van der Waals surface area contributed by atoms with Crippen molar-refractivity contribution in [2.24, 2.45) is 5.10 Å². The minimum Gasteiger partial charge on any atom is -0.349 e. The Morgan fingerprint density at radius 3 is 2.46 bits per heavy atom. The summed E-state index contributed by atoms with van der Waals surface area (Å²) in [5.41, 5.74) is 0.593. The quantitative estimate of drug-likeness (QED) is 0.333. The van der Waals surface area contributed by atoms with Gasteiger partial charge in [0, 0.05) is 23.0 Å². The summed E-state index contributed by atoms with van der Waals surface area (Å²) < 4.78 is 0.707. The van der Waals surface area contributed by atoms with Gasteiger partial charge in [-0.15, -0.1) is 4.68 Å².